The maximum atomic E-state index is 11.6. The molecule has 0 fully saturated rings. The van der Waals surface area contributed by atoms with Crippen molar-refractivity contribution in [3.05, 3.63) is 45.7 Å². The van der Waals surface area contributed by atoms with E-state index in [1.54, 1.807) is 0 Å². The number of carbonyl (C=O) groups excluding carboxylic acids is 2. The van der Waals surface area contributed by atoms with Crippen LogP contribution < -0.4 is 5.32 Å². The highest BCUT2D eigenvalue weighted by atomic mass is 16.6. The average Bonchev–Trinajstić information content (AvgIpc) is 2.33. The summed E-state index contributed by atoms with van der Waals surface area (Å²) in [4.78, 5) is 33.2. The second kappa shape index (κ2) is 4.28. The number of hydrogen-bond acceptors (Lipinski definition) is 5. The molecule has 2 rings (SSSR count). The van der Waals surface area contributed by atoms with Gasteiger partial charge >= 0.3 is 0 Å². The Hall–Kier alpha value is -2.70. The van der Waals surface area contributed by atoms with E-state index in [4.69, 9.17) is 4.74 Å². The fourth-order valence-electron chi connectivity index (χ4n) is 1.66. The van der Waals surface area contributed by atoms with Gasteiger partial charge in [0.2, 0.25) is 0 Å². The molecule has 18 heavy (non-hydrogen) atoms. The van der Waals surface area contributed by atoms with Crippen molar-refractivity contribution >= 4 is 23.1 Å². The summed E-state index contributed by atoms with van der Waals surface area (Å²) in [5.74, 6) is -1.23. The molecule has 0 bridgehead atoms. The Balaban J connectivity index is 2.66. The van der Waals surface area contributed by atoms with Gasteiger partial charge in [-0.15, -0.1) is 0 Å². The topological polar surface area (TPSA) is 98.5 Å². The number of nitro benzene ring substituents is 1. The number of amides is 2. The summed E-state index contributed by atoms with van der Waals surface area (Å²) >= 11 is 0. The molecule has 1 aromatic carbocycles. The summed E-state index contributed by atoms with van der Waals surface area (Å²) in [6, 6.07) is 3.69. The number of hydrogen-bond donors (Lipinski definition) is 1. The lowest BCUT2D eigenvalue weighted by Crippen LogP contribution is -2.36. The summed E-state index contributed by atoms with van der Waals surface area (Å²) in [6.45, 7) is 0. The van der Waals surface area contributed by atoms with Gasteiger partial charge in [0, 0.05) is 23.3 Å². The van der Waals surface area contributed by atoms with Crippen LogP contribution in [0.25, 0.3) is 5.57 Å². The summed E-state index contributed by atoms with van der Waals surface area (Å²) in [6.07, 6.45) is 1.14. The highest BCUT2D eigenvalue weighted by Gasteiger charge is 2.29. The number of nitrogens with zero attached hydrogens (tertiary/aromatic N) is 1. The van der Waals surface area contributed by atoms with Gasteiger partial charge < -0.3 is 4.74 Å². The minimum atomic E-state index is -0.644. The van der Waals surface area contributed by atoms with E-state index < -0.39 is 16.7 Å². The van der Waals surface area contributed by atoms with Crippen molar-refractivity contribution in [2.75, 3.05) is 7.11 Å². The highest BCUT2D eigenvalue weighted by molar-refractivity contribution is 6.30. The molecule has 0 saturated heterocycles. The van der Waals surface area contributed by atoms with E-state index in [0.29, 0.717) is 0 Å². The van der Waals surface area contributed by atoms with Crippen molar-refractivity contribution in [1.82, 2.24) is 5.32 Å². The molecule has 0 spiro atoms. The molecule has 92 valence electrons. The van der Waals surface area contributed by atoms with E-state index in [9.17, 15) is 19.7 Å². The van der Waals surface area contributed by atoms with Gasteiger partial charge in [0.15, 0.2) is 0 Å². The van der Waals surface area contributed by atoms with Gasteiger partial charge in [-0.1, -0.05) is 0 Å². The largest absolute Gasteiger partial charge is 0.504 e. The van der Waals surface area contributed by atoms with Crippen molar-refractivity contribution in [3.8, 4) is 0 Å². The standard InChI is InChI=1S/C11H8N2O5/c1-18-5-9-8-4-6(13(16)17)2-3-7(8)10(14)12-11(9)15/h2-5H,1H3,(H,12,14,15). The van der Waals surface area contributed by atoms with Crippen LogP contribution in [0.2, 0.25) is 0 Å². The minimum absolute atomic E-state index is 0.0794. The lowest BCUT2D eigenvalue weighted by Gasteiger charge is -2.17. The molecule has 0 radical (unpaired) electrons. The average molecular weight is 248 g/mol. The molecule has 7 heteroatoms. The number of methoxy groups -OCH3 is 1. The van der Waals surface area contributed by atoms with Gasteiger partial charge in [-0.2, -0.15) is 0 Å². The fourth-order valence-corrected chi connectivity index (χ4v) is 1.66. The summed E-state index contributed by atoms with van der Waals surface area (Å²) in [5.41, 5.74) is 0.275. The van der Waals surface area contributed by atoms with Crippen LogP contribution in [-0.2, 0) is 9.53 Å². The minimum Gasteiger partial charge on any atom is -0.504 e. The zero-order chi connectivity index (χ0) is 13.3. The number of nitrogens with one attached hydrogen (secondary N) is 1. The lowest BCUT2D eigenvalue weighted by atomic mass is 9.95. The van der Waals surface area contributed by atoms with Crippen LogP contribution in [0.4, 0.5) is 5.69 Å². The molecule has 1 aliphatic rings. The number of fused-ring (bicyclic) bond motifs is 1. The number of imide groups is 1. The molecular formula is C11H8N2O5. The first-order chi connectivity index (χ1) is 8.54. The fraction of sp³-hybridized carbons (Fsp3) is 0.0909. The smallest absolute Gasteiger partial charge is 0.270 e. The van der Waals surface area contributed by atoms with E-state index in [0.717, 1.165) is 6.26 Å². The first-order valence-electron chi connectivity index (χ1n) is 4.92. The summed E-state index contributed by atoms with van der Waals surface area (Å²) in [7, 11) is 1.34. The normalized spacial score (nSPS) is 16.2. The number of non-ortho nitro benzene ring substituents is 1. The van der Waals surface area contributed by atoms with Gasteiger partial charge in [0.25, 0.3) is 17.5 Å². The Morgan fingerprint density at radius 3 is 2.61 bits per heavy atom. The Kier molecular flexibility index (Phi) is 2.80. The van der Waals surface area contributed by atoms with Crippen LogP contribution in [0.15, 0.2) is 24.5 Å². The first-order valence-corrected chi connectivity index (χ1v) is 4.92. The number of ether oxygens (including phenoxy) is 1. The molecule has 7 nitrogen and oxygen atoms in total. The third-order valence-corrected chi connectivity index (χ3v) is 2.46. The molecule has 1 N–H and O–H groups in total. The predicted octanol–water partition coefficient (Wildman–Crippen LogP) is 0.852. The van der Waals surface area contributed by atoms with Gasteiger partial charge in [-0.3, -0.25) is 25.0 Å². The van der Waals surface area contributed by atoms with Crippen molar-refractivity contribution in [3.63, 3.8) is 0 Å². The number of carbonyl (C=O) groups is 2. The molecule has 1 aliphatic heterocycles. The van der Waals surface area contributed by atoms with Crippen molar-refractivity contribution in [1.29, 1.82) is 0 Å². The van der Waals surface area contributed by atoms with E-state index in [2.05, 4.69) is 5.32 Å². The molecule has 1 aromatic rings. The van der Waals surface area contributed by atoms with Crippen molar-refractivity contribution in [2.45, 2.75) is 0 Å². The maximum Gasteiger partial charge on any atom is 0.270 e. The second-order valence-corrected chi connectivity index (χ2v) is 3.54. The zero-order valence-electron chi connectivity index (χ0n) is 9.30. The number of benzene rings is 1. The second-order valence-electron chi connectivity index (χ2n) is 3.54. The van der Waals surface area contributed by atoms with Gasteiger partial charge in [0.1, 0.15) is 0 Å². The molecule has 0 aliphatic carbocycles. The molecule has 0 aromatic heterocycles. The van der Waals surface area contributed by atoms with Gasteiger partial charge in [-0.05, 0) is 6.07 Å². The van der Waals surface area contributed by atoms with Crippen molar-refractivity contribution in [2.24, 2.45) is 0 Å². The lowest BCUT2D eigenvalue weighted by molar-refractivity contribution is -0.384. The van der Waals surface area contributed by atoms with Gasteiger partial charge in [-0.25, -0.2) is 0 Å². The Bertz CT molecular complexity index is 591. The first kappa shape index (κ1) is 11.8. The number of nitro groups is 1. The Labute approximate surface area is 101 Å². The quantitative estimate of drug-likeness (QED) is 0.275. The molecule has 0 unspecified atom stereocenters. The highest BCUT2D eigenvalue weighted by Crippen LogP contribution is 2.27. The third kappa shape index (κ3) is 1.81. The van der Waals surface area contributed by atoms with E-state index >= 15 is 0 Å². The van der Waals surface area contributed by atoms with Crippen LogP contribution in [0.3, 0.4) is 0 Å². The molecule has 2 amide bonds. The molecular weight excluding hydrogens is 240 g/mol. The van der Waals surface area contributed by atoms with E-state index in [1.807, 2.05) is 0 Å². The zero-order valence-corrected chi connectivity index (χ0v) is 9.30. The molecule has 0 atom stereocenters. The monoisotopic (exact) mass is 248 g/mol. The Morgan fingerprint density at radius 2 is 2.00 bits per heavy atom. The summed E-state index contributed by atoms with van der Waals surface area (Å²) in [5, 5.41) is 12.8. The van der Waals surface area contributed by atoms with Crippen LogP contribution in [0.1, 0.15) is 15.9 Å². The van der Waals surface area contributed by atoms with Gasteiger partial charge in [0.05, 0.1) is 23.9 Å². The van der Waals surface area contributed by atoms with Crippen LogP contribution >= 0.6 is 0 Å². The van der Waals surface area contributed by atoms with Crippen LogP contribution in [0, 0.1) is 10.1 Å². The van der Waals surface area contributed by atoms with E-state index in [1.165, 1.54) is 25.3 Å². The van der Waals surface area contributed by atoms with Crippen molar-refractivity contribution < 1.29 is 19.2 Å². The molecule has 0 saturated carbocycles. The Morgan fingerprint density at radius 1 is 1.28 bits per heavy atom. The predicted molar refractivity (Wildman–Crippen MR) is 60.6 cm³/mol. The third-order valence-electron chi connectivity index (χ3n) is 2.46. The van der Waals surface area contributed by atoms with E-state index in [-0.39, 0.29) is 22.4 Å². The van der Waals surface area contributed by atoms with Crippen LogP contribution in [-0.4, -0.2) is 23.8 Å². The number of rotatable bonds is 2. The molecule has 1 heterocycles. The SMILES string of the molecule is COC=C1C(=O)NC(=O)c2ccc([N+](=O)[O-])cc21. The summed E-state index contributed by atoms with van der Waals surface area (Å²) < 4.78 is 4.74. The maximum absolute atomic E-state index is 11.6. The van der Waals surface area contributed by atoms with Crippen LogP contribution in [0.5, 0.6) is 0 Å².